The first kappa shape index (κ1) is 20.6. The van der Waals surface area contributed by atoms with Crippen molar-refractivity contribution in [1.82, 2.24) is 15.6 Å². The van der Waals surface area contributed by atoms with Crippen molar-refractivity contribution in [2.75, 3.05) is 12.8 Å². The van der Waals surface area contributed by atoms with Crippen LogP contribution in [-0.2, 0) is 14.3 Å². The van der Waals surface area contributed by atoms with Gasteiger partial charge in [-0.2, -0.15) is 0 Å². The molecule has 0 spiro atoms. The number of hydrogen-bond acceptors (Lipinski definition) is 8. The first-order valence-corrected chi connectivity index (χ1v) is 8.88. The van der Waals surface area contributed by atoms with Gasteiger partial charge in [-0.3, -0.25) is 9.59 Å². The van der Waals surface area contributed by atoms with Crippen molar-refractivity contribution in [2.24, 2.45) is 5.73 Å². The van der Waals surface area contributed by atoms with Crippen LogP contribution in [0.25, 0.3) is 10.6 Å². The summed E-state index contributed by atoms with van der Waals surface area (Å²) in [6.45, 7) is 1.55. The Morgan fingerprint density at radius 1 is 1.14 bits per heavy atom. The maximum Gasteiger partial charge on any atom is 0.354 e. The summed E-state index contributed by atoms with van der Waals surface area (Å²) in [6.07, 6.45) is 2.28. The minimum Gasteiger partial charge on any atom is -0.464 e. The smallest absolute Gasteiger partial charge is 0.354 e. The summed E-state index contributed by atoms with van der Waals surface area (Å²) in [6, 6.07) is 7.05. The number of ether oxygens (including phenoxy) is 1. The summed E-state index contributed by atoms with van der Waals surface area (Å²) in [5.41, 5.74) is 12.3. The Morgan fingerprint density at radius 2 is 1.82 bits per heavy atom. The van der Waals surface area contributed by atoms with Crippen LogP contribution in [0.5, 0.6) is 0 Å². The van der Waals surface area contributed by atoms with Crippen LogP contribution in [0.3, 0.4) is 0 Å². The van der Waals surface area contributed by atoms with E-state index in [1.165, 1.54) is 24.5 Å². The molecular weight excluding hydrogens is 382 g/mol. The number of nitrogens with two attached hydrogens (primary N) is 2. The van der Waals surface area contributed by atoms with Gasteiger partial charge in [-0.1, -0.05) is 6.08 Å². The fourth-order valence-corrected chi connectivity index (χ4v) is 2.84. The molecule has 2 amide bonds. The second kappa shape index (κ2) is 9.33. The summed E-state index contributed by atoms with van der Waals surface area (Å²) in [5, 5.41) is 6.86. The molecule has 0 aliphatic carbocycles. The van der Waals surface area contributed by atoms with E-state index in [-0.39, 0.29) is 17.1 Å². The lowest BCUT2D eigenvalue weighted by molar-refractivity contribution is -0.137. The zero-order valence-electron chi connectivity index (χ0n) is 15.2. The maximum absolute atomic E-state index is 12.4. The van der Waals surface area contributed by atoms with Crippen LogP contribution in [0, 0.1) is 0 Å². The number of allylic oxidation sites excluding steroid dienone is 1. The van der Waals surface area contributed by atoms with Crippen LogP contribution in [0.4, 0.5) is 5.69 Å². The Morgan fingerprint density at radius 3 is 2.39 bits per heavy atom. The second-order valence-corrected chi connectivity index (χ2v) is 6.20. The average Bonchev–Trinajstić information content (AvgIpc) is 3.20. The molecule has 10 heteroatoms. The van der Waals surface area contributed by atoms with E-state index in [1.807, 2.05) is 0 Å². The van der Waals surface area contributed by atoms with Gasteiger partial charge in [-0.25, -0.2) is 9.78 Å². The third-order valence-corrected chi connectivity index (χ3v) is 4.39. The van der Waals surface area contributed by atoms with Gasteiger partial charge in [0.15, 0.2) is 0 Å². The molecule has 0 unspecified atom stereocenters. The molecule has 0 saturated carbocycles. The SMILES string of the molecule is C/C=C(/NC(=O)/C(=C/N)NC(=O)c1csc(-c2ccc(N)cc2)n1)C(=O)OC. The maximum atomic E-state index is 12.4. The van der Waals surface area contributed by atoms with Gasteiger partial charge in [0.25, 0.3) is 11.8 Å². The van der Waals surface area contributed by atoms with E-state index in [1.54, 1.807) is 36.6 Å². The van der Waals surface area contributed by atoms with E-state index in [2.05, 4.69) is 20.4 Å². The van der Waals surface area contributed by atoms with Gasteiger partial charge >= 0.3 is 5.97 Å². The fraction of sp³-hybridized carbons (Fsp3) is 0.111. The topological polar surface area (TPSA) is 149 Å². The molecule has 0 atom stereocenters. The molecule has 0 aliphatic heterocycles. The Labute approximate surface area is 165 Å². The zero-order chi connectivity index (χ0) is 20.7. The molecule has 0 bridgehead atoms. The number of carbonyl (C=O) groups excluding carboxylic acids is 3. The number of anilines is 1. The van der Waals surface area contributed by atoms with E-state index < -0.39 is 17.8 Å². The number of amides is 2. The number of esters is 1. The number of hydrogen-bond donors (Lipinski definition) is 4. The van der Waals surface area contributed by atoms with Crippen LogP contribution in [0.2, 0.25) is 0 Å². The number of carbonyl (C=O) groups is 3. The van der Waals surface area contributed by atoms with Crippen molar-refractivity contribution in [3.05, 3.63) is 59.0 Å². The lowest BCUT2D eigenvalue weighted by atomic mass is 10.2. The van der Waals surface area contributed by atoms with E-state index in [0.29, 0.717) is 10.7 Å². The Hall–Kier alpha value is -3.66. The minimum absolute atomic E-state index is 0.0830. The van der Waals surface area contributed by atoms with E-state index in [4.69, 9.17) is 11.5 Å². The largest absolute Gasteiger partial charge is 0.464 e. The fourth-order valence-electron chi connectivity index (χ4n) is 2.04. The predicted octanol–water partition coefficient (Wildman–Crippen LogP) is 1.12. The third kappa shape index (κ3) is 4.95. The van der Waals surface area contributed by atoms with Crippen LogP contribution in [-0.4, -0.2) is 29.9 Å². The van der Waals surface area contributed by atoms with Gasteiger partial charge < -0.3 is 26.8 Å². The normalized spacial score (nSPS) is 11.6. The summed E-state index contributed by atoms with van der Waals surface area (Å²) >= 11 is 1.27. The van der Waals surface area contributed by atoms with Gasteiger partial charge in [0.1, 0.15) is 22.1 Å². The van der Waals surface area contributed by atoms with Gasteiger partial charge in [-0.05, 0) is 31.2 Å². The van der Waals surface area contributed by atoms with E-state index in [9.17, 15) is 14.4 Å². The Balaban J connectivity index is 2.09. The first-order chi connectivity index (χ1) is 13.4. The third-order valence-electron chi connectivity index (χ3n) is 3.50. The molecule has 1 heterocycles. The summed E-state index contributed by atoms with van der Waals surface area (Å²) < 4.78 is 4.54. The van der Waals surface area contributed by atoms with Crippen LogP contribution in [0.15, 0.2) is 53.3 Å². The molecule has 0 fully saturated rings. The van der Waals surface area contributed by atoms with Crippen molar-refractivity contribution < 1.29 is 19.1 Å². The quantitative estimate of drug-likeness (QED) is 0.322. The van der Waals surface area contributed by atoms with Gasteiger partial charge in [-0.15, -0.1) is 11.3 Å². The van der Waals surface area contributed by atoms with Gasteiger partial charge in [0, 0.05) is 22.8 Å². The standard InChI is InChI=1S/C18H19N5O4S/c1-3-12(18(26)27-2)21-15(24)13(8-19)22-16(25)14-9-28-17(23-14)10-4-6-11(20)7-5-10/h3-9H,19-20H2,1-2H3,(H,21,24)(H,22,25)/b12-3+,13-8-. The molecule has 1 aromatic heterocycles. The average molecular weight is 401 g/mol. The number of nitrogens with one attached hydrogen (secondary N) is 2. The Kier molecular flexibility index (Phi) is 6.88. The number of aromatic nitrogens is 1. The predicted molar refractivity (Wildman–Crippen MR) is 106 cm³/mol. The zero-order valence-corrected chi connectivity index (χ0v) is 16.0. The molecule has 6 N–H and O–H groups in total. The van der Waals surface area contributed by atoms with Crippen molar-refractivity contribution in [1.29, 1.82) is 0 Å². The molecule has 0 radical (unpaired) electrons. The molecule has 146 valence electrons. The second-order valence-electron chi connectivity index (χ2n) is 5.34. The van der Waals surface area contributed by atoms with Crippen molar-refractivity contribution in [3.63, 3.8) is 0 Å². The summed E-state index contributed by atoms with van der Waals surface area (Å²) in [5.74, 6) is -2.13. The minimum atomic E-state index is -0.775. The lowest BCUT2D eigenvalue weighted by Gasteiger charge is -2.10. The van der Waals surface area contributed by atoms with E-state index >= 15 is 0 Å². The number of nitrogens with zero attached hydrogens (tertiary/aromatic N) is 1. The molecule has 0 aliphatic rings. The number of rotatable bonds is 6. The number of benzene rings is 1. The lowest BCUT2D eigenvalue weighted by Crippen LogP contribution is -2.37. The monoisotopic (exact) mass is 401 g/mol. The van der Waals surface area contributed by atoms with E-state index in [0.717, 1.165) is 11.8 Å². The van der Waals surface area contributed by atoms with Crippen molar-refractivity contribution >= 4 is 34.8 Å². The van der Waals surface area contributed by atoms with Gasteiger partial charge in [0.05, 0.1) is 7.11 Å². The molecule has 2 rings (SSSR count). The highest BCUT2D eigenvalue weighted by Crippen LogP contribution is 2.24. The van der Waals surface area contributed by atoms with Crippen LogP contribution >= 0.6 is 11.3 Å². The molecule has 1 aromatic carbocycles. The van der Waals surface area contributed by atoms with Crippen molar-refractivity contribution in [3.8, 4) is 10.6 Å². The highest BCUT2D eigenvalue weighted by molar-refractivity contribution is 7.13. The number of thiazole rings is 1. The molecule has 9 nitrogen and oxygen atoms in total. The highest BCUT2D eigenvalue weighted by atomic mass is 32.1. The number of nitrogen functional groups attached to an aromatic ring is 1. The summed E-state index contributed by atoms with van der Waals surface area (Å²) in [4.78, 5) is 40.4. The highest BCUT2D eigenvalue weighted by Gasteiger charge is 2.19. The molecule has 0 saturated heterocycles. The van der Waals surface area contributed by atoms with Crippen LogP contribution in [0.1, 0.15) is 17.4 Å². The van der Waals surface area contributed by atoms with Gasteiger partial charge in [0.2, 0.25) is 0 Å². The van der Waals surface area contributed by atoms with Crippen LogP contribution < -0.4 is 22.1 Å². The van der Waals surface area contributed by atoms with Crippen molar-refractivity contribution in [2.45, 2.75) is 6.92 Å². The Bertz CT molecular complexity index is 947. The molecular formula is C18H19N5O4S. The summed E-state index contributed by atoms with van der Waals surface area (Å²) in [7, 11) is 1.18. The number of methoxy groups -OCH3 is 1. The molecule has 2 aromatic rings. The molecule has 28 heavy (non-hydrogen) atoms. The first-order valence-electron chi connectivity index (χ1n) is 8.00.